The number of alkyl halides is 3. The van der Waals surface area contributed by atoms with Gasteiger partial charge in [0.05, 0.1) is 5.69 Å². The molecule has 3 heterocycles. The third-order valence-corrected chi connectivity index (χ3v) is 4.92. The second kappa shape index (κ2) is 8.32. The van der Waals surface area contributed by atoms with E-state index in [4.69, 9.17) is 0 Å². The van der Waals surface area contributed by atoms with Crippen molar-refractivity contribution < 1.29 is 22.4 Å². The minimum Gasteiger partial charge on any atom is -0.357 e. The number of carbonyl (C=O) groups excluding carboxylic acids is 1. The first kappa shape index (κ1) is 20.8. The van der Waals surface area contributed by atoms with Crippen LogP contribution in [0.15, 0.2) is 42.6 Å². The summed E-state index contributed by atoms with van der Waals surface area (Å²) < 4.78 is 54.7. The van der Waals surface area contributed by atoms with Gasteiger partial charge < -0.3 is 10.2 Å². The van der Waals surface area contributed by atoms with E-state index >= 15 is 0 Å². The van der Waals surface area contributed by atoms with Crippen molar-refractivity contribution >= 4 is 11.7 Å². The maximum Gasteiger partial charge on any atom is 0.435 e. The molecule has 1 aliphatic heterocycles. The number of nitrogens with one attached hydrogen (secondary N) is 1. The molecule has 0 bridgehead atoms. The van der Waals surface area contributed by atoms with Gasteiger partial charge >= 0.3 is 6.18 Å². The molecule has 2 aromatic heterocycles. The Balaban J connectivity index is 1.55. The Morgan fingerprint density at radius 3 is 2.48 bits per heavy atom. The molecular weight excluding hydrogens is 416 g/mol. The normalized spacial score (nSPS) is 14.1. The lowest BCUT2D eigenvalue weighted by molar-refractivity contribution is -0.143. The van der Waals surface area contributed by atoms with Gasteiger partial charge in [-0.2, -0.15) is 13.2 Å². The summed E-state index contributed by atoms with van der Waals surface area (Å²) in [4.78, 5) is 18.9. The van der Waals surface area contributed by atoms with Crippen LogP contribution < -0.4 is 10.2 Å². The molecule has 0 atom stereocenters. The molecule has 1 N–H and O–H groups in total. The molecule has 0 aliphatic carbocycles. The number of amides is 1. The van der Waals surface area contributed by atoms with E-state index in [1.807, 2.05) is 0 Å². The number of benzene rings is 1. The Bertz CT molecular complexity index is 1070. The summed E-state index contributed by atoms with van der Waals surface area (Å²) in [6.45, 7) is 1.79. The highest BCUT2D eigenvalue weighted by atomic mass is 19.4. The third kappa shape index (κ3) is 4.49. The van der Waals surface area contributed by atoms with E-state index in [9.17, 15) is 22.4 Å². The molecule has 7 nitrogen and oxygen atoms in total. The largest absolute Gasteiger partial charge is 0.435 e. The summed E-state index contributed by atoms with van der Waals surface area (Å²) in [5.41, 5.74) is -1.55. The van der Waals surface area contributed by atoms with Crippen molar-refractivity contribution in [1.29, 1.82) is 0 Å². The standard InChI is InChI=1S/C20H18F4N6O/c21-14-3-5-15(6-4-14)30-18(20(22,23)24)17(27-28-30)19(31)26-12-13-7-8-25-16(11-13)29-9-1-2-10-29/h3-8,11H,1-2,9-10,12H2,(H,26,31). The minimum atomic E-state index is -4.90. The molecule has 0 spiro atoms. The second-order valence-electron chi connectivity index (χ2n) is 7.07. The Kier molecular flexibility index (Phi) is 5.57. The van der Waals surface area contributed by atoms with Gasteiger partial charge in [-0.15, -0.1) is 5.10 Å². The lowest BCUT2D eigenvalue weighted by Crippen LogP contribution is -2.27. The summed E-state index contributed by atoms with van der Waals surface area (Å²) in [6.07, 6.45) is -1.15. The van der Waals surface area contributed by atoms with Crippen LogP contribution in [0.25, 0.3) is 5.69 Å². The van der Waals surface area contributed by atoms with E-state index in [2.05, 4.69) is 25.5 Å². The summed E-state index contributed by atoms with van der Waals surface area (Å²) >= 11 is 0. The number of anilines is 1. The van der Waals surface area contributed by atoms with Gasteiger partial charge in [-0.25, -0.2) is 14.1 Å². The van der Waals surface area contributed by atoms with Gasteiger partial charge in [0.15, 0.2) is 11.4 Å². The zero-order chi connectivity index (χ0) is 22.0. The van der Waals surface area contributed by atoms with Crippen molar-refractivity contribution in [2.75, 3.05) is 18.0 Å². The number of pyridine rings is 1. The van der Waals surface area contributed by atoms with E-state index in [1.54, 1.807) is 18.3 Å². The van der Waals surface area contributed by atoms with Gasteiger partial charge in [-0.05, 0) is 54.8 Å². The molecule has 4 rings (SSSR count). The number of carbonyl (C=O) groups is 1. The van der Waals surface area contributed by atoms with E-state index in [0.29, 0.717) is 10.2 Å². The van der Waals surface area contributed by atoms with Crippen LogP contribution in [0.5, 0.6) is 0 Å². The Labute approximate surface area is 174 Å². The van der Waals surface area contributed by atoms with Crippen LogP contribution in [0, 0.1) is 5.82 Å². The van der Waals surface area contributed by atoms with Crippen molar-refractivity contribution in [3.63, 3.8) is 0 Å². The molecule has 1 aromatic carbocycles. The smallest absolute Gasteiger partial charge is 0.357 e. The zero-order valence-corrected chi connectivity index (χ0v) is 16.2. The first-order valence-corrected chi connectivity index (χ1v) is 9.60. The zero-order valence-electron chi connectivity index (χ0n) is 16.2. The Morgan fingerprint density at radius 1 is 1.10 bits per heavy atom. The number of nitrogens with zero attached hydrogens (tertiary/aromatic N) is 5. The topological polar surface area (TPSA) is 75.9 Å². The van der Waals surface area contributed by atoms with Gasteiger partial charge in [0.25, 0.3) is 5.91 Å². The van der Waals surface area contributed by atoms with Crippen LogP contribution in [0.1, 0.15) is 34.6 Å². The van der Waals surface area contributed by atoms with E-state index < -0.39 is 29.3 Å². The predicted molar refractivity (Wildman–Crippen MR) is 103 cm³/mol. The molecule has 1 aliphatic rings. The molecule has 162 valence electrons. The van der Waals surface area contributed by atoms with Crippen molar-refractivity contribution in [2.45, 2.75) is 25.6 Å². The van der Waals surface area contributed by atoms with Crippen molar-refractivity contribution in [2.24, 2.45) is 0 Å². The van der Waals surface area contributed by atoms with Gasteiger partial charge in [0, 0.05) is 25.8 Å². The number of aromatic nitrogens is 4. The van der Waals surface area contributed by atoms with E-state index in [1.165, 1.54) is 0 Å². The average Bonchev–Trinajstić information content (AvgIpc) is 3.43. The Hall–Kier alpha value is -3.50. The predicted octanol–water partition coefficient (Wildman–Crippen LogP) is 3.35. The molecule has 3 aromatic rings. The summed E-state index contributed by atoms with van der Waals surface area (Å²) in [5, 5.41) is 9.37. The molecule has 31 heavy (non-hydrogen) atoms. The number of rotatable bonds is 5. The van der Waals surface area contributed by atoms with Crippen LogP contribution in [-0.4, -0.2) is 39.0 Å². The first-order valence-electron chi connectivity index (χ1n) is 9.60. The fraction of sp³-hybridized carbons (Fsp3) is 0.300. The van der Waals surface area contributed by atoms with E-state index in [-0.39, 0.29) is 12.2 Å². The molecular formula is C20H18F4N6O. The molecule has 11 heteroatoms. The van der Waals surface area contributed by atoms with Crippen LogP contribution in [-0.2, 0) is 12.7 Å². The highest BCUT2D eigenvalue weighted by Gasteiger charge is 2.42. The van der Waals surface area contributed by atoms with Crippen LogP contribution in [0.3, 0.4) is 0 Å². The molecule has 1 amide bonds. The van der Waals surface area contributed by atoms with Gasteiger partial charge in [0.1, 0.15) is 11.6 Å². The summed E-state index contributed by atoms with van der Waals surface area (Å²) in [7, 11) is 0. The van der Waals surface area contributed by atoms with Crippen LogP contribution in [0.2, 0.25) is 0 Å². The lowest BCUT2D eigenvalue weighted by Gasteiger charge is -2.17. The van der Waals surface area contributed by atoms with Crippen LogP contribution >= 0.6 is 0 Å². The molecule has 0 saturated carbocycles. The number of halogens is 4. The third-order valence-electron chi connectivity index (χ3n) is 4.92. The fourth-order valence-electron chi connectivity index (χ4n) is 3.41. The molecule has 0 radical (unpaired) electrons. The lowest BCUT2D eigenvalue weighted by atomic mass is 10.2. The second-order valence-corrected chi connectivity index (χ2v) is 7.07. The van der Waals surface area contributed by atoms with Gasteiger partial charge in [-0.1, -0.05) is 5.21 Å². The van der Waals surface area contributed by atoms with Crippen molar-refractivity contribution in [1.82, 2.24) is 25.3 Å². The number of hydrogen-bond acceptors (Lipinski definition) is 5. The van der Waals surface area contributed by atoms with Gasteiger partial charge in [0.2, 0.25) is 0 Å². The van der Waals surface area contributed by atoms with Crippen LogP contribution in [0.4, 0.5) is 23.4 Å². The van der Waals surface area contributed by atoms with Gasteiger partial charge in [-0.3, -0.25) is 4.79 Å². The number of hydrogen-bond donors (Lipinski definition) is 1. The first-order chi connectivity index (χ1) is 14.8. The average molecular weight is 434 g/mol. The quantitative estimate of drug-likeness (QED) is 0.624. The van der Waals surface area contributed by atoms with Crippen molar-refractivity contribution in [3.8, 4) is 5.69 Å². The fourth-order valence-corrected chi connectivity index (χ4v) is 3.41. The maximum atomic E-state index is 13.7. The molecule has 1 fully saturated rings. The summed E-state index contributed by atoms with van der Waals surface area (Å²) in [6, 6.07) is 7.72. The SMILES string of the molecule is O=C(NCc1ccnc(N2CCCC2)c1)c1nnn(-c2ccc(F)cc2)c1C(F)(F)F. The highest BCUT2D eigenvalue weighted by molar-refractivity contribution is 5.93. The monoisotopic (exact) mass is 434 g/mol. The van der Waals surface area contributed by atoms with Crippen molar-refractivity contribution in [3.05, 3.63) is 65.4 Å². The summed E-state index contributed by atoms with van der Waals surface area (Å²) in [5.74, 6) is -0.858. The minimum absolute atomic E-state index is 0.00288. The Morgan fingerprint density at radius 2 is 1.81 bits per heavy atom. The van der Waals surface area contributed by atoms with E-state index in [0.717, 1.165) is 56.0 Å². The highest BCUT2D eigenvalue weighted by Crippen LogP contribution is 2.32. The maximum absolute atomic E-state index is 13.7. The molecule has 1 saturated heterocycles. The molecule has 0 unspecified atom stereocenters.